The summed E-state index contributed by atoms with van der Waals surface area (Å²) in [4.78, 5) is 20.0. The van der Waals surface area contributed by atoms with E-state index in [0.29, 0.717) is 22.2 Å². The van der Waals surface area contributed by atoms with Crippen LogP contribution in [0.3, 0.4) is 0 Å². The molecule has 0 aliphatic carbocycles. The Morgan fingerprint density at radius 1 is 0.968 bits per heavy atom. The molecule has 0 amide bonds. The summed E-state index contributed by atoms with van der Waals surface area (Å²) in [5.41, 5.74) is 3.14. The summed E-state index contributed by atoms with van der Waals surface area (Å²) < 4.78 is 15.2. The molecule has 0 radical (unpaired) electrons. The Morgan fingerprint density at radius 3 is 2.61 bits per heavy atom. The van der Waals surface area contributed by atoms with E-state index in [-0.39, 0.29) is 11.4 Å². The van der Waals surface area contributed by atoms with E-state index in [2.05, 4.69) is 44.3 Å². The Kier molecular flexibility index (Phi) is 4.99. The van der Waals surface area contributed by atoms with E-state index in [9.17, 15) is 9.18 Å². The first-order valence-corrected chi connectivity index (χ1v) is 10.4. The first-order chi connectivity index (χ1) is 15.1. The van der Waals surface area contributed by atoms with E-state index in [1.807, 2.05) is 12.1 Å². The molecule has 0 saturated carbocycles. The minimum atomic E-state index is -0.356. The second-order valence-electron chi connectivity index (χ2n) is 7.95. The average Bonchev–Trinajstić information content (AvgIpc) is 3.16. The molecule has 1 N–H and O–H groups in total. The summed E-state index contributed by atoms with van der Waals surface area (Å²) in [6, 6.07) is 14.1. The van der Waals surface area contributed by atoms with Gasteiger partial charge in [-0.3, -0.25) is 4.79 Å². The number of aromatic amines is 1. The third-order valence-electron chi connectivity index (χ3n) is 5.77. The van der Waals surface area contributed by atoms with Crippen molar-refractivity contribution in [1.29, 1.82) is 0 Å². The lowest BCUT2D eigenvalue weighted by atomic mass is 10.1. The number of benzene rings is 2. The Morgan fingerprint density at radius 2 is 1.77 bits per heavy atom. The second kappa shape index (κ2) is 7.96. The highest BCUT2D eigenvalue weighted by Gasteiger charge is 2.14. The first-order valence-electron chi connectivity index (χ1n) is 10.4. The van der Waals surface area contributed by atoms with Gasteiger partial charge in [0.05, 0.1) is 17.4 Å². The molecule has 3 heterocycles. The van der Waals surface area contributed by atoms with Gasteiger partial charge in [-0.15, -0.1) is 5.10 Å². The summed E-state index contributed by atoms with van der Waals surface area (Å²) in [7, 11) is 2.16. The number of H-pyrrole nitrogens is 1. The molecule has 0 unspecified atom stereocenters. The van der Waals surface area contributed by atoms with Gasteiger partial charge in [-0.25, -0.2) is 9.07 Å². The zero-order valence-electron chi connectivity index (χ0n) is 17.3. The molecular formula is C23H23FN6O. The average molecular weight is 418 g/mol. The van der Waals surface area contributed by atoms with Crippen molar-refractivity contribution in [2.24, 2.45) is 0 Å². The molecule has 2 aromatic heterocycles. The summed E-state index contributed by atoms with van der Waals surface area (Å²) in [6.07, 6.45) is 2.86. The topological polar surface area (TPSA) is 70.0 Å². The fourth-order valence-corrected chi connectivity index (χ4v) is 4.00. The van der Waals surface area contributed by atoms with E-state index in [1.165, 1.54) is 17.8 Å². The minimum Gasteiger partial charge on any atom is -0.370 e. The van der Waals surface area contributed by atoms with Crippen molar-refractivity contribution in [3.05, 3.63) is 70.9 Å². The van der Waals surface area contributed by atoms with E-state index in [1.54, 1.807) is 23.0 Å². The number of anilines is 1. The molecule has 1 aliphatic rings. The normalized spacial score (nSPS) is 15.4. The van der Waals surface area contributed by atoms with E-state index < -0.39 is 0 Å². The van der Waals surface area contributed by atoms with Gasteiger partial charge in [0.2, 0.25) is 0 Å². The lowest BCUT2D eigenvalue weighted by Gasteiger charge is -2.23. The predicted molar refractivity (Wildman–Crippen MR) is 119 cm³/mol. The highest BCUT2D eigenvalue weighted by Crippen LogP contribution is 2.22. The number of aromatic nitrogens is 4. The van der Waals surface area contributed by atoms with Gasteiger partial charge in [-0.05, 0) is 68.5 Å². The highest BCUT2D eigenvalue weighted by atomic mass is 19.1. The molecule has 31 heavy (non-hydrogen) atoms. The third-order valence-corrected chi connectivity index (χ3v) is 5.77. The Balaban J connectivity index is 1.41. The van der Waals surface area contributed by atoms with E-state index in [0.717, 1.165) is 38.3 Å². The molecule has 7 nitrogen and oxygen atoms in total. The maximum absolute atomic E-state index is 13.6. The van der Waals surface area contributed by atoms with Crippen LogP contribution < -0.4 is 10.5 Å². The SMILES string of the molecule is CN1CCCN(c2ccc(-n3cc(-c4cc5cc(F)ccc5[nH]c4=O)nn3)cc2)CC1. The van der Waals surface area contributed by atoms with Crippen molar-refractivity contribution < 1.29 is 4.39 Å². The van der Waals surface area contributed by atoms with Crippen molar-refractivity contribution in [3.8, 4) is 16.9 Å². The monoisotopic (exact) mass is 418 g/mol. The standard InChI is InChI=1S/C23H23FN6O/c1-28-9-2-10-29(12-11-28)18-4-6-19(7-5-18)30-15-22(26-27-30)20-14-16-13-17(24)3-8-21(16)25-23(20)31/h3-8,13-15H,2,9-12H2,1H3,(H,25,31). The van der Waals surface area contributed by atoms with Crippen LogP contribution in [0.4, 0.5) is 10.1 Å². The van der Waals surface area contributed by atoms with Crippen molar-refractivity contribution in [2.45, 2.75) is 6.42 Å². The molecule has 0 spiro atoms. The van der Waals surface area contributed by atoms with E-state index in [4.69, 9.17) is 0 Å². The van der Waals surface area contributed by atoms with Crippen LogP contribution in [0.2, 0.25) is 0 Å². The number of rotatable bonds is 3. The Hall–Kier alpha value is -3.52. The third kappa shape index (κ3) is 3.94. The molecule has 0 atom stereocenters. The molecule has 0 bridgehead atoms. The van der Waals surface area contributed by atoms with Crippen molar-refractivity contribution in [2.75, 3.05) is 38.1 Å². The zero-order valence-corrected chi connectivity index (χ0v) is 17.3. The van der Waals surface area contributed by atoms with Gasteiger partial charge in [0.25, 0.3) is 5.56 Å². The van der Waals surface area contributed by atoms with Gasteiger partial charge in [0, 0.05) is 36.2 Å². The number of nitrogens with zero attached hydrogens (tertiary/aromatic N) is 5. The smallest absolute Gasteiger partial charge is 0.258 e. The van der Waals surface area contributed by atoms with Crippen LogP contribution in [0.5, 0.6) is 0 Å². The van der Waals surface area contributed by atoms with Crippen LogP contribution in [-0.2, 0) is 0 Å². The number of likely N-dealkylation sites (N-methyl/N-ethyl adjacent to an activating group) is 1. The molecule has 4 aromatic rings. The summed E-state index contributed by atoms with van der Waals surface area (Å²) >= 11 is 0. The van der Waals surface area contributed by atoms with Crippen molar-refractivity contribution >= 4 is 16.6 Å². The number of hydrogen-bond acceptors (Lipinski definition) is 5. The number of pyridine rings is 1. The van der Waals surface area contributed by atoms with Gasteiger partial charge in [-0.2, -0.15) is 0 Å². The summed E-state index contributed by atoms with van der Waals surface area (Å²) in [5.74, 6) is -0.356. The second-order valence-corrected chi connectivity index (χ2v) is 7.95. The molecule has 5 rings (SSSR count). The Labute approximate surface area is 178 Å². The highest BCUT2D eigenvalue weighted by molar-refractivity contribution is 5.82. The lowest BCUT2D eigenvalue weighted by Crippen LogP contribution is -2.28. The quantitative estimate of drug-likeness (QED) is 0.554. The lowest BCUT2D eigenvalue weighted by molar-refractivity contribution is 0.360. The van der Waals surface area contributed by atoms with Gasteiger partial charge >= 0.3 is 0 Å². The maximum atomic E-state index is 13.6. The molecule has 8 heteroatoms. The minimum absolute atomic E-state index is 0.285. The number of fused-ring (bicyclic) bond motifs is 1. The molecule has 1 aliphatic heterocycles. The predicted octanol–water partition coefficient (Wildman–Crippen LogP) is 3.06. The van der Waals surface area contributed by atoms with Crippen LogP contribution in [0.15, 0.2) is 59.5 Å². The van der Waals surface area contributed by atoms with Crippen molar-refractivity contribution in [1.82, 2.24) is 24.9 Å². The van der Waals surface area contributed by atoms with Gasteiger partial charge in [0.1, 0.15) is 11.5 Å². The van der Waals surface area contributed by atoms with Gasteiger partial charge in [0.15, 0.2) is 0 Å². The number of nitrogens with one attached hydrogen (secondary N) is 1. The number of halogens is 1. The molecule has 1 saturated heterocycles. The molecule has 158 valence electrons. The van der Waals surface area contributed by atoms with E-state index >= 15 is 0 Å². The fourth-order valence-electron chi connectivity index (χ4n) is 4.00. The largest absolute Gasteiger partial charge is 0.370 e. The maximum Gasteiger partial charge on any atom is 0.258 e. The van der Waals surface area contributed by atoms with Crippen LogP contribution in [0.25, 0.3) is 27.8 Å². The van der Waals surface area contributed by atoms with Crippen LogP contribution in [0, 0.1) is 5.82 Å². The van der Waals surface area contributed by atoms with Crippen LogP contribution >= 0.6 is 0 Å². The van der Waals surface area contributed by atoms with Crippen LogP contribution in [0.1, 0.15) is 6.42 Å². The molecule has 1 fully saturated rings. The fraction of sp³-hybridized carbons (Fsp3) is 0.261. The van der Waals surface area contributed by atoms with Crippen LogP contribution in [-0.4, -0.2) is 58.1 Å². The molecule has 2 aromatic carbocycles. The Bertz CT molecular complexity index is 1280. The first kappa shape index (κ1) is 19.4. The number of hydrogen-bond donors (Lipinski definition) is 1. The zero-order chi connectivity index (χ0) is 21.4. The molecular weight excluding hydrogens is 395 g/mol. The summed E-state index contributed by atoms with van der Waals surface area (Å²) in [5, 5.41) is 8.97. The summed E-state index contributed by atoms with van der Waals surface area (Å²) in [6.45, 7) is 4.23. The van der Waals surface area contributed by atoms with Crippen molar-refractivity contribution in [3.63, 3.8) is 0 Å². The van der Waals surface area contributed by atoms with Gasteiger partial charge in [-0.1, -0.05) is 5.21 Å². The van der Waals surface area contributed by atoms with Gasteiger partial charge < -0.3 is 14.8 Å².